The van der Waals surface area contributed by atoms with E-state index in [1.165, 1.54) is 21.5 Å². The Kier molecular flexibility index (Phi) is 4.87. The molecule has 1 aliphatic rings. The van der Waals surface area contributed by atoms with Gasteiger partial charge in [-0.1, -0.05) is 116 Å². The minimum atomic E-state index is -0.588. The smallest absolute Gasteiger partial charge is 0.0322 e. The van der Waals surface area contributed by atoms with Gasteiger partial charge in [-0.15, -0.1) is 0 Å². The highest BCUT2D eigenvalue weighted by Crippen LogP contribution is 2.41. The highest BCUT2D eigenvalue weighted by molar-refractivity contribution is 7.79. The van der Waals surface area contributed by atoms with E-state index >= 15 is 0 Å². The molecule has 1 heteroatoms. The van der Waals surface area contributed by atoms with Crippen LogP contribution in [0.4, 0.5) is 0 Å². The number of allylic oxidation sites excluding steroid dienone is 4. The molecule has 3 aromatic rings. The molecule has 0 saturated carbocycles. The predicted molar refractivity (Wildman–Crippen MR) is 115 cm³/mol. The zero-order valence-electron chi connectivity index (χ0n) is 15.0. The van der Waals surface area contributed by atoms with Crippen LogP contribution in [0, 0.1) is 0 Å². The van der Waals surface area contributed by atoms with E-state index in [2.05, 4.69) is 116 Å². The summed E-state index contributed by atoms with van der Waals surface area (Å²) >= 11 is 0. The first-order valence-electron chi connectivity index (χ1n) is 9.21. The molecule has 0 fully saturated rings. The molecular formula is C25H23P. The highest BCUT2D eigenvalue weighted by atomic mass is 31.1. The van der Waals surface area contributed by atoms with Gasteiger partial charge in [0.25, 0.3) is 0 Å². The van der Waals surface area contributed by atoms with E-state index in [-0.39, 0.29) is 5.41 Å². The topological polar surface area (TPSA) is 0 Å². The van der Waals surface area contributed by atoms with Crippen LogP contribution in [0.3, 0.4) is 0 Å². The van der Waals surface area contributed by atoms with Gasteiger partial charge in [0.1, 0.15) is 0 Å². The second-order valence-electron chi connectivity index (χ2n) is 6.64. The van der Waals surface area contributed by atoms with E-state index in [4.69, 9.17) is 0 Å². The molecule has 0 bridgehead atoms. The molecule has 0 heterocycles. The van der Waals surface area contributed by atoms with E-state index in [9.17, 15) is 0 Å². The van der Waals surface area contributed by atoms with Crippen LogP contribution in [0.1, 0.15) is 18.9 Å². The van der Waals surface area contributed by atoms with Crippen LogP contribution in [0.15, 0.2) is 109 Å². The van der Waals surface area contributed by atoms with Gasteiger partial charge < -0.3 is 0 Å². The summed E-state index contributed by atoms with van der Waals surface area (Å²) in [4.78, 5) is 0. The minimum absolute atomic E-state index is 0.0146. The van der Waals surface area contributed by atoms with Crippen molar-refractivity contribution in [2.75, 3.05) is 0 Å². The second-order valence-corrected chi connectivity index (χ2v) is 8.82. The lowest BCUT2D eigenvalue weighted by Crippen LogP contribution is -2.30. The molecule has 3 aromatic carbocycles. The summed E-state index contributed by atoms with van der Waals surface area (Å²) in [6.45, 7) is 2.28. The Labute approximate surface area is 157 Å². The maximum Gasteiger partial charge on any atom is 0.0322 e. The fraction of sp³-hybridized carbons (Fsp3) is 0.120. The third kappa shape index (κ3) is 3.06. The van der Waals surface area contributed by atoms with Crippen molar-refractivity contribution in [2.45, 2.75) is 18.8 Å². The van der Waals surface area contributed by atoms with E-state index in [1.54, 1.807) is 0 Å². The van der Waals surface area contributed by atoms with E-state index < -0.39 is 7.92 Å². The van der Waals surface area contributed by atoms with Crippen molar-refractivity contribution in [1.29, 1.82) is 0 Å². The second kappa shape index (κ2) is 7.44. The predicted octanol–water partition coefficient (Wildman–Crippen LogP) is 5.22. The Bertz CT molecular complexity index is 871. The summed E-state index contributed by atoms with van der Waals surface area (Å²) in [7, 11) is -0.588. The van der Waals surface area contributed by atoms with Crippen LogP contribution < -0.4 is 15.9 Å². The summed E-state index contributed by atoms with van der Waals surface area (Å²) in [6.07, 6.45) is 10.2. The van der Waals surface area contributed by atoms with Gasteiger partial charge in [0, 0.05) is 5.41 Å². The zero-order chi connectivity index (χ0) is 17.8. The molecule has 0 aromatic heterocycles. The first-order chi connectivity index (χ1) is 12.8. The number of hydrogen-bond donors (Lipinski definition) is 0. The molecule has 0 N–H and O–H groups in total. The van der Waals surface area contributed by atoms with Gasteiger partial charge in [0.2, 0.25) is 0 Å². The molecule has 0 amide bonds. The Morgan fingerprint density at radius 1 is 0.654 bits per heavy atom. The summed E-state index contributed by atoms with van der Waals surface area (Å²) < 4.78 is 0. The van der Waals surface area contributed by atoms with Crippen molar-refractivity contribution < 1.29 is 0 Å². The molecular weight excluding hydrogens is 331 g/mol. The van der Waals surface area contributed by atoms with Crippen molar-refractivity contribution >= 4 is 23.8 Å². The molecule has 128 valence electrons. The minimum Gasteiger partial charge on any atom is -0.0702 e. The number of hydrogen-bond acceptors (Lipinski definition) is 0. The van der Waals surface area contributed by atoms with Gasteiger partial charge in [-0.25, -0.2) is 0 Å². The largest absolute Gasteiger partial charge is 0.0702 e. The standard InChI is InChI=1S/C25H23P/c1-2-25(19-11-12-20-25)23-17-9-10-18-24(23)26(21-13-5-3-6-14-21)22-15-7-4-8-16-22/h3-20H,2H2,1H3. The van der Waals surface area contributed by atoms with Gasteiger partial charge in [0.15, 0.2) is 0 Å². The molecule has 0 saturated heterocycles. The van der Waals surface area contributed by atoms with Crippen molar-refractivity contribution in [2.24, 2.45) is 0 Å². The third-order valence-corrected chi connectivity index (χ3v) is 7.66. The fourth-order valence-corrected chi connectivity index (χ4v) is 6.31. The average Bonchev–Trinajstić information content (AvgIpc) is 3.21. The first-order valence-corrected chi connectivity index (χ1v) is 10.5. The lowest BCUT2D eigenvalue weighted by atomic mass is 9.80. The quantitative estimate of drug-likeness (QED) is 0.551. The van der Waals surface area contributed by atoms with Crippen LogP contribution in [-0.4, -0.2) is 0 Å². The molecule has 0 nitrogen and oxygen atoms in total. The van der Waals surface area contributed by atoms with Crippen molar-refractivity contribution in [3.63, 3.8) is 0 Å². The fourth-order valence-electron chi connectivity index (χ4n) is 3.76. The van der Waals surface area contributed by atoms with E-state index in [0.717, 1.165) is 6.42 Å². The molecule has 26 heavy (non-hydrogen) atoms. The van der Waals surface area contributed by atoms with Crippen LogP contribution in [0.5, 0.6) is 0 Å². The zero-order valence-corrected chi connectivity index (χ0v) is 15.9. The van der Waals surface area contributed by atoms with Gasteiger partial charge in [0.05, 0.1) is 0 Å². The average molecular weight is 354 g/mol. The maximum absolute atomic E-state index is 2.36. The Morgan fingerprint density at radius 3 is 1.69 bits per heavy atom. The lowest BCUT2D eigenvalue weighted by molar-refractivity contribution is 0.655. The molecule has 0 atom stereocenters. The van der Waals surface area contributed by atoms with Crippen molar-refractivity contribution in [3.8, 4) is 0 Å². The molecule has 4 rings (SSSR count). The van der Waals surface area contributed by atoms with Gasteiger partial charge in [-0.3, -0.25) is 0 Å². The van der Waals surface area contributed by atoms with Crippen molar-refractivity contribution in [3.05, 3.63) is 115 Å². The van der Waals surface area contributed by atoms with E-state index in [0.29, 0.717) is 0 Å². The van der Waals surface area contributed by atoms with Crippen molar-refractivity contribution in [1.82, 2.24) is 0 Å². The summed E-state index contributed by atoms with van der Waals surface area (Å²) in [6, 6.07) is 30.9. The van der Waals surface area contributed by atoms with Crippen LogP contribution >= 0.6 is 7.92 Å². The lowest BCUT2D eigenvalue weighted by Gasteiger charge is -2.31. The Balaban J connectivity index is 1.94. The van der Waals surface area contributed by atoms with Gasteiger partial charge in [-0.05, 0) is 35.8 Å². The SMILES string of the molecule is CCC1(c2ccccc2P(c2ccccc2)c2ccccc2)C=CC=C1. The number of rotatable bonds is 5. The van der Waals surface area contributed by atoms with Crippen LogP contribution in [0.2, 0.25) is 0 Å². The molecule has 0 aliphatic heterocycles. The number of benzene rings is 3. The third-order valence-electron chi connectivity index (χ3n) is 5.16. The first kappa shape index (κ1) is 17.0. The Morgan fingerprint density at radius 2 is 1.15 bits per heavy atom. The van der Waals surface area contributed by atoms with Crippen LogP contribution in [0.25, 0.3) is 0 Å². The van der Waals surface area contributed by atoms with E-state index in [1.807, 2.05) is 0 Å². The van der Waals surface area contributed by atoms with Gasteiger partial charge in [-0.2, -0.15) is 0 Å². The molecule has 0 radical (unpaired) electrons. The summed E-state index contributed by atoms with van der Waals surface area (Å²) in [5, 5.41) is 4.26. The normalized spacial score (nSPS) is 14.8. The molecule has 0 spiro atoms. The van der Waals surface area contributed by atoms with Gasteiger partial charge >= 0.3 is 0 Å². The highest BCUT2D eigenvalue weighted by Gasteiger charge is 2.31. The van der Waals surface area contributed by atoms with Crippen LogP contribution in [-0.2, 0) is 5.41 Å². The molecule has 0 unspecified atom stereocenters. The Hall–Kier alpha value is -2.43. The molecule has 1 aliphatic carbocycles. The monoisotopic (exact) mass is 354 g/mol. The summed E-state index contributed by atoms with van der Waals surface area (Å²) in [5.41, 5.74) is 1.45. The maximum atomic E-state index is 2.36. The summed E-state index contributed by atoms with van der Waals surface area (Å²) in [5.74, 6) is 0.